The molecule has 0 spiro atoms. The van der Waals surface area contributed by atoms with E-state index in [0.717, 1.165) is 18.8 Å². The number of nitrogens with one attached hydrogen (secondary N) is 1. The molecule has 0 aliphatic carbocycles. The van der Waals surface area contributed by atoms with Gasteiger partial charge in [0.2, 0.25) is 0 Å². The van der Waals surface area contributed by atoms with Gasteiger partial charge >= 0.3 is 0 Å². The van der Waals surface area contributed by atoms with Crippen molar-refractivity contribution in [3.8, 4) is 0 Å². The lowest BCUT2D eigenvalue weighted by atomic mass is 10.1. The van der Waals surface area contributed by atoms with E-state index in [-0.39, 0.29) is 0 Å². The predicted octanol–water partition coefficient (Wildman–Crippen LogP) is 2.14. The summed E-state index contributed by atoms with van der Waals surface area (Å²) in [6.07, 6.45) is 8.73. The number of aromatic nitrogens is 3. The summed E-state index contributed by atoms with van der Waals surface area (Å²) in [6.45, 7) is 5.77. The van der Waals surface area contributed by atoms with Crippen molar-refractivity contribution in [3.63, 3.8) is 0 Å². The van der Waals surface area contributed by atoms with Gasteiger partial charge in [0, 0.05) is 19.0 Å². The summed E-state index contributed by atoms with van der Waals surface area (Å²) < 4.78 is 2.37. The normalized spacial score (nSPS) is 25.9. The summed E-state index contributed by atoms with van der Waals surface area (Å²) in [5.41, 5.74) is 0. The third kappa shape index (κ3) is 3.64. The molecule has 1 saturated heterocycles. The van der Waals surface area contributed by atoms with Crippen LogP contribution in [0.15, 0.2) is 0 Å². The SMILES string of the molecule is CC(NC1CCCN(C)CC1)c1nnc2n1CCCCC2. The standard InChI is InChI=1S/C16H29N5/c1-13(17-14-7-6-10-20(2)12-9-14)16-19-18-15-8-4-3-5-11-21(15)16/h13-14,17H,3-12H2,1-2H3. The molecule has 1 aromatic heterocycles. The van der Waals surface area contributed by atoms with Crippen LogP contribution in [0.4, 0.5) is 0 Å². The van der Waals surface area contributed by atoms with E-state index >= 15 is 0 Å². The van der Waals surface area contributed by atoms with Crippen LogP contribution in [0.3, 0.4) is 0 Å². The molecule has 2 aliphatic heterocycles. The maximum Gasteiger partial charge on any atom is 0.149 e. The first-order valence-corrected chi connectivity index (χ1v) is 8.60. The third-order valence-corrected chi connectivity index (χ3v) is 4.96. The molecule has 0 saturated carbocycles. The van der Waals surface area contributed by atoms with Crippen LogP contribution in [0.5, 0.6) is 0 Å². The fourth-order valence-electron chi connectivity index (χ4n) is 3.66. The molecule has 1 N–H and O–H groups in total. The van der Waals surface area contributed by atoms with Crippen molar-refractivity contribution < 1.29 is 0 Å². The van der Waals surface area contributed by atoms with Gasteiger partial charge in [-0.15, -0.1) is 10.2 Å². The number of likely N-dealkylation sites (tertiary alicyclic amines) is 1. The molecule has 118 valence electrons. The second kappa shape index (κ2) is 6.88. The maximum atomic E-state index is 4.48. The van der Waals surface area contributed by atoms with Crippen LogP contribution in [-0.4, -0.2) is 45.8 Å². The summed E-state index contributed by atoms with van der Waals surface area (Å²) in [6, 6.07) is 0.918. The highest BCUT2D eigenvalue weighted by atomic mass is 15.3. The Hall–Kier alpha value is -0.940. The van der Waals surface area contributed by atoms with Crippen LogP contribution in [-0.2, 0) is 13.0 Å². The molecule has 0 amide bonds. The zero-order valence-corrected chi connectivity index (χ0v) is 13.5. The Bertz CT molecular complexity index is 456. The van der Waals surface area contributed by atoms with Crippen LogP contribution in [0.1, 0.15) is 63.1 Å². The molecule has 5 heteroatoms. The third-order valence-electron chi connectivity index (χ3n) is 4.96. The zero-order chi connectivity index (χ0) is 14.7. The molecule has 1 aromatic rings. The average molecular weight is 291 g/mol. The fraction of sp³-hybridized carbons (Fsp3) is 0.875. The monoisotopic (exact) mass is 291 g/mol. The van der Waals surface area contributed by atoms with Crippen LogP contribution in [0, 0.1) is 0 Å². The van der Waals surface area contributed by atoms with Gasteiger partial charge in [-0.25, -0.2) is 0 Å². The Labute approximate surface area is 128 Å². The Morgan fingerprint density at radius 2 is 1.95 bits per heavy atom. The van der Waals surface area contributed by atoms with Crippen LogP contribution >= 0.6 is 0 Å². The first-order valence-electron chi connectivity index (χ1n) is 8.60. The Morgan fingerprint density at radius 3 is 2.86 bits per heavy atom. The minimum atomic E-state index is 0.303. The van der Waals surface area contributed by atoms with Gasteiger partial charge in [0.25, 0.3) is 0 Å². The Balaban J connectivity index is 1.65. The highest BCUT2D eigenvalue weighted by Crippen LogP contribution is 2.20. The number of rotatable bonds is 3. The summed E-state index contributed by atoms with van der Waals surface area (Å²) in [7, 11) is 2.23. The number of hydrogen-bond donors (Lipinski definition) is 1. The van der Waals surface area contributed by atoms with E-state index in [9.17, 15) is 0 Å². The van der Waals surface area contributed by atoms with Crippen LogP contribution < -0.4 is 5.32 Å². The largest absolute Gasteiger partial charge is 0.314 e. The number of fused-ring (bicyclic) bond motifs is 1. The van der Waals surface area contributed by atoms with E-state index in [0.29, 0.717) is 12.1 Å². The van der Waals surface area contributed by atoms with Crippen molar-refractivity contribution in [1.82, 2.24) is 25.0 Å². The molecular weight excluding hydrogens is 262 g/mol. The quantitative estimate of drug-likeness (QED) is 0.927. The van der Waals surface area contributed by atoms with Gasteiger partial charge in [-0.2, -0.15) is 0 Å². The highest BCUT2D eigenvalue weighted by Gasteiger charge is 2.22. The molecule has 21 heavy (non-hydrogen) atoms. The van der Waals surface area contributed by atoms with Gasteiger partial charge in [0.15, 0.2) is 0 Å². The Kier molecular flexibility index (Phi) is 4.91. The highest BCUT2D eigenvalue weighted by molar-refractivity contribution is 5.02. The van der Waals surface area contributed by atoms with Gasteiger partial charge in [-0.3, -0.25) is 0 Å². The van der Waals surface area contributed by atoms with Gasteiger partial charge in [-0.05, 0) is 59.2 Å². The average Bonchev–Trinajstić information content (AvgIpc) is 2.64. The summed E-state index contributed by atoms with van der Waals surface area (Å²) in [5, 5.41) is 12.7. The molecule has 3 rings (SSSR count). The van der Waals surface area contributed by atoms with Crippen molar-refractivity contribution >= 4 is 0 Å². The first kappa shape index (κ1) is 15.0. The molecule has 0 bridgehead atoms. The number of hydrogen-bond acceptors (Lipinski definition) is 4. The summed E-state index contributed by atoms with van der Waals surface area (Å²) in [5.74, 6) is 2.33. The van der Waals surface area contributed by atoms with Crippen molar-refractivity contribution in [1.29, 1.82) is 0 Å². The van der Waals surface area contributed by atoms with Gasteiger partial charge in [0.1, 0.15) is 11.6 Å². The molecule has 0 aromatic carbocycles. The molecule has 1 fully saturated rings. The summed E-state index contributed by atoms with van der Waals surface area (Å²) in [4.78, 5) is 2.44. The molecule has 2 unspecified atom stereocenters. The van der Waals surface area contributed by atoms with Gasteiger partial charge in [0.05, 0.1) is 6.04 Å². The maximum absolute atomic E-state index is 4.48. The van der Waals surface area contributed by atoms with Crippen molar-refractivity contribution in [2.45, 2.75) is 70.5 Å². The van der Waals surface area contributed by atoms with Crippen LogP contribution in [0.25, 0.3) is 0 Å². The van der Waals surface area contributed by atoms with Crippen molar-refractivity contribution in [2.75, 3.05) is 20.1 Å². The van der Waals surface area contributed by atoms with E-state index in [4.69, 9.17) is 0 Å². The molecule has 3 heterocycles. The van der Waals surface area contributed by atoms with Gasteiger partial charge in [-0.1, -0.05) is 6.42 Å². The lowest BCUT2D eigenvalue weighted by molar-refractivity contribution is 0.338. The van der Waals surface area contributed by atoms with Gasteiger partial charge < -0.3 is 14.8 Å². The van der Waals surface area contributed by atoms with Crippen molar-refractivity contribution in [2.24, 2.45) is 0 Å². The fourth-order valence-corrected chi connectivity index (χ4v) is 3.66. The molecule has 2 atom stereocenters. The van der Waals surface area contributed by atoms with E-state index < -0.39 is 0 Å². The molecule has 2 aliphatic rings. The number of aryl methyl sites for hydroxylation is 1. The van der Waals surface area contributed by atoms with Crippen LogP contribution in [0.2, 0.25) is 0 Å². The van der Waals surface area contributed by atoms with E-state index in [2.05, 4.69) is 39.0 Å². The zero-order valence-electron chi connectivity index (χ0n) is 13.5. The minimum Gasteiger partial charge on any atom is -0.314 e. The lowest BCUT2D eigenvalue weighted by Crippen LogP contribution is -2.34. The van der Waals surface area contributed by atoms with E-state index in [1.165, 1.54) is 57.4 Å². The second-order valence-corrected chi connectivity index (χ2v) is 6.76. The minimum absolute atomic E-state index is 0.303. The number of nitrogens with zero attached hydrogens (tertiary/aromatic N) is 4. The Morgan fingerprint density at radius 1 is 1.05 bits per heavy atom. The second-order valence-electron chi connectivity index (χ2n) is 6.76. The van der Waals surface area contributed by atoms with E-state index in [1.807, 2.05) is 0 Å². The van der Waals surface area contributed by atoms with E-state index in [1.54, 1.807) is 0 Å². The topological polar surface area (TPSA) is 46.0 Å². The molecule has 0 radical (unpaired) electrons. The predicted molar refractivity (Wildman–Crippen MR) is 84.3 cm³/mol. The smallest absolute Gasteiger partial charge is 0.149 e. The molecular formula is C16H29N5. The first-order chi connectivity index (χ1) is 10.2. The summed E-state index contributed by atoms with van der Waals surface area (Å²) >= 11 is 0. The lowest BCUT2D eigenvalue weighted by Gasteiger charge is -2.22. The van der Waals surface area contributed by atoms with Crippen molar-refractivity contribution in [3.05, 3.63) is 11.6 Å². The molecule has 5 nitrogen and oxygen atoms in total.